The van der Waals surface area contributed by atoms with Crippen molar-refractivity contribution in [3.63, 3.8) is 0 Å². The molecule has 144 valence electrons. The van der Waals surface area contributed by atoms with Gasteiger partial charge >= 0.3 is 5.97 Å². The highest BCUT2D eigenvalue weighted by molar-refractivity contribution is 5.88. The normalized spacial score (nSPS) is 13.2. The van der Waals surface area contributed by atoms with E-state index >= 15 is 0 Å². The predicted octanol–water partition coefficient (Wildman–Crippen LogP) is 3.23. The molecule has 0 bridgehead atoms. The van der Waals surface area contributed by atoms with Crippen molar-refractivity contribution in [1.29, 1.82) is 0 Å². The van der Waals surface area contributed by atoms with Crippen LogP contribution in [-0.4, -0.2) is 34.9 Å². The van der Waals surface area contributed by atoms with E-state index < -0.39 is 12.1 Å². The van der Waals surface area contributed by atoms with Crippen LogP contribution < -0.4 is 14.2 Å². The topological polar surface area (TPSA) is 84.7 Å². The van der Waals surface area contributed by atoms with E-state index in [9.17, 15) is 4.79 Å². The molecule has 4 rings (SSSR count). The average molecular weight is 381 g/mol. The number of hydrogen-bond acceptors (Lipinski definition) is 7. The number of carbonyl (C=O) groups is 1. The lowest BCUT2D eigenvalue weighted by Gasteiger charge is -2.13. The fraction of sp³-hybridized carbons (Fsp3) is 0.250. The van der Waals surface area contributed by atoms with Gasteiger partial charge in [-0.05, 0) is 43.7 Å². The van der Waals surface area contributed by atoms with Crippen molar-refractivity contribution < 1.29 is 23.7 Å². The Balaban J connectivity index is 1.53. The summed E-state index contributed by atoms with van der Waals surface area (Å²) in [5.74, 6) is 1.46. The molecule has 28 heavy (non-hydrogen) atoms. The third-order valence-electron chi connectivity index (χ3n) is 4.54. The second-order valence-corrected chi connectivity index (χ2v) is 6.30. The molecule has 0 fully saturated rings. The summed E-state index contributed by atoms with van der Waals surface area (Å²) >= 11 is 0. The van der Waals surface area contributed by atoms with E-state index in [-0.39, 0.29) is 12.5 Å². The van der Waals surface area contributed by atoms with Gasteiger partial charge in [0.05, 0.1) is 18.5 Å². The molecular weight excluding hydrogens is 362 g/mol. The molecule has 0 saturated carbocycles. The van der Waals surface area contributed by atoms with Gasteiger partial charge in [-0.3, -0.25) is 0 Å². The summed E-state index contributed by atoms with van der Waals surface area (Å²) in [6, 6.07) is 12.8. The van der Waals surface area contributed by atoms with Crippen molar-refractivity contribution in [2.45, 2.75) is 20.0 Å². The zero-order valence-corrected chi connectivity index (χ0v) is 15.7. The Morgan fingerprint density at radius 1 is 1.18 bits per heavy atom. The van der Waals surface area contributed by atoms with Crippen LogP contribution in [0.25, 0.3) is 5.69 Å². The monoisotopic (exact) mass is 381 g/mol. The second-order valence-electron chi connectivity index (χ2n) is 6.30. The minimum Gasteiger partial charge on any atom is -0.497 e. The number of benzene rings is 2. The molecule has 1 aliphatic heterocycles. The van der Waals surface area contributed by atoms with Crippen molar-refractivity contribution in [3.05, 3.63) is 59.4 Å². The van der Waals surface area contributed by atoms with Crippen LogP contribution in [0.1, 0.15) is 34.8 Å². The summed E-state index contributed by atoms with van der Waals surface area (Å²) in [4.78, 5) is 12.6. The molecule has 0 unspecified atom stereocenters. The lowest BCUT2D eigenvalue weighted by Crippen LogP contribution is -2.11. The van der Waals surface area contributed by atoms with Crippen LogP contribution in [0, 0.1) is 6.92 Å². The van der Waals surface area contributed by atoms with E-state index in [1.807, 2.05) is 30.3 Å². The molecule has 8 nitrogen and oxygen atoms in total. The Hall–Kier alpha value is -3.55. The highest BCUT2D eigenvalue weighted by atomic mass is 16.7. The Labute approximate surface area is 161 Å². The van der Waals surface area contributed by atoms with Gasteiger partial charge < -0.3 is 18.9 Å². The van der Waals surface area contributed by atoms with Crippen molar-refractivity contribution in [1.82, 2.24) is 15.0 Å². The van der Waals surface area contributed by atoms with E-state index in [0.29, 0.717) is 22.9 Å². The Morgan fingerprint density at radius 3 is 2.82 bits per heavy atom. The van der Waals surface area contributed by atoms with Crippen LogP contribution >= 0.6 is 0 Å². The quantitative estimate of drug-likeness (QED) is 0.627. The molecule has 0 saturated heterocycles. The molecule has 0 aliphatic carbocycles. The fourth-order valence-electron chi connectivity index (χ4n) is 2.96. The number of aromatic nitrogens is 3. The number of carbonyl (C=O) groups excluding carboxylic acids is 1. The predicted molar refractivity (Wildman–Crippen MR) is 99.0 cm³/mol. The second kappa shape index (κ2) is 7.22. The number of hydrogen-bond donors (Lipinski definition) is 0. The van der Waals surface area contributed by atoms with Gasteiger partial charge in [0.1, 0.15) is 11.9 Å². The highest BCUT2D eigenvalue weighted by Gasteiger charge is 2.23. The van der Waals surface area contributed by atoms with Crippen LogP contribution in [0.15, 0.2) is 42.5 Å². The number of rotatable bonds is 5. The molecule has 8 heteroatoms. The van der Waals surface area contributed by atoms with E-state index in [1.165, 1.54) is 0 Å². The molecule has 3 aromatic rings. The van der Waals surface area contributed by atoms with Gasteiger partial charge in [0.2, 0.25) is 6.79 Å². The first kappa shape index (κ1) is 17.8. The van der Waals surface area contributed by atoms with E-state index in [4.69, 9.17) is 18.9 Å². The number of esters is 1. The maximum absolute atomic E-state index is 12.6. The number of nitrogens with zero attached hydrogens (tertiary/aromatic N) is 3. The van der Waals surface area contributed by atoms with Crippen molar-refractivity contribution in [3.8, 4) is 22.9 Å². The highest BCUT2D eigenvalue weighted by Crippen LogP contribution is 2.35. The van der Waals surface area contributed by atoms with Crippen LogP contribution in [0.4, 0.5) is 0 Å². The largest absolute Gasteiger partial charge is 0.497 e. The Kier molecular flexibility index (Phi) is 4.60. The standard InChI is InChI=1S/C20H19N3O5/c1-12-19(21-22-23(12)15-5-4-6-16(10-15)25-3)20(24)28-13(2)14-7-8-17-18(9-14)27-11-26-17/h4-10,13H,11H2,1-3H3/t13-/m0/s1. The molecule has 0 amide bonds. The number of fused-ring (bicyclic) bond motifs is 1. The van der Waals surface area contributed by atoms with Gasteiger partial charge in [-0.15, -0.1) is 5.10 Å². The van der Waals surface area contributed by atoms with E-state index in [1.54, 1.807) is 37.8 Å². The first-order valence-corrected chi connectivity index (χ1v) is 8.74. The average Bonchev–Trinajstić information content (AvgIpc) is 3.33. The minimum absolute atomic E-state index is 0.162. The SMILES string of the molecule is COc1cccc(-n2nnc(C(=O)O[C@@H](C)c3ccc4c(c3)OCO4)c2C)c1. The van der Waals surface area contributed by atoms with Gasteiger partial charge in [0.25, 0.3) is 0 Å². The maximum atomic E-state index is 12.6. The first-order valence-electron chi connectivity index (χ1n) is 8.74. The summed E-state index contributed by atoms with van der Waals surface area (Å²) < 4.78 is 23.1. The maximum Gasteiger partial charge on any atom is 0.361 e. The summed E-state index contributed by atoms with van der Waals surface area (Å²) in [5, 5.41) is 8.09. The molecule has 1 atom stereocenters. The molecular formula is C20H19N3O5. The molecule has 1 aromatic heterocycles. The zero-order valence-electron chi connectivity index (χ0n) is 15.7. The molecule has 0 N–H and O–H groups in total. The Morgan fingerprint density at radius 2 is 2.00 bits per heavy atom. The fourth-order valence-corrected chi connectivity index (χ4v) is 2.96. The summed E-state index contributed by atoms with van der Waals surface area (Å²) in [6.07, 6.45) is -0.483. The van der Waals surface area contributed by atoms with E-state index in [2.05, 4.69) is 10.3 Å². The van der Waals surface area contributed by atoms with Gasteiger partial charge in [-0.25, -0.2) is 9.48 Å². The third kappa shape index (κ3) is 3.24. The molecule has 2 heterocycles. The van der Waals surface area contributed by atoms with Gasteiger partial charge in [-0.2, -0.15) is 0 Å². The van der Waals surface area contributed by atoms with Crippen LogP contribution in [0.2, 0.25) is 0 Å². The van der Waals surface area contributed by atoms with Gasteiger partial charge in [0, 0.05) is 6.07 Å². The van der Waals surface area contributed by atoms with Gasteiger partial charge in [0.15, 0.2) is 17.2 Å². The summed E-state index contributed by atoms with van der Waals surface area (Å²) in [5.41, 5.74) is 2.29. The number of methoxy groups -OCH3 is 1. The van der Waals surface area contributed by atoms with Crippen LogP contribution in [-0.2, 0) is 4.74 Å². The van der Waals surface area contributed by atoms with Crippen molar-refractivity contribution >= 4 is 5.97 Å². The van der Waals surface area contributed by atoms with Crippen molar-refractivity contribution in [2.24, 2.45) is 0 Å². The molecule has 0 spiro atoms. The molecule has 2 aromatic carbocycles. The van der Waals surface area contributed by atoms with Crippen LogP contribution in [0.5, 0.6) is 17.2 Å². The summed E-state index contributed by atoms with van der Waals surface area (Å²) in [6.45, 7) is 3.75. The smallest absolute Gasteiger partial charge is 0.361 e. The van der Waals surface area contributed by atoms with Crippen molar-refractivity contribution in [2.75, 3.05) is 13.9 Å². The zero-order chi connectivity index (χ0) is 19.7. The van der Waals surface area contributed by atoms with E-state index in [0.717, 1.165) is 11.3 Å². The lowest BCUT2D eigenvalue weighted by molar-refractivity contribution is 0.0329. The lowest BCUT2D eigenvalue weighted by atomic mass is 10.1. The van der Waals surface area contributed by atoms with Gasteiger partial charge in [-0.1, -0.05) is 17.3 Å². The first-order chi connectivity index (χ1) is 13.6. The number of ether oxygens (including phenoxy) is 4. The Bertz CT molecular complexity index is 1030. The summed E-state index contributed by atoms with van der Waals surface area (Å²) in [7, 11) is 1.59. The third-order valence-corrected chi connectivity index (χ3v) is 4.54. The van der Waals surface area contributed by atoms with Crippen LogP contribution in [0.3, 0.4) is 0 Å². The minimum atomic E-state index is -0.545. The molecule has 0 radical (unpaired) electrons. The molecule has 1 aliphatic rings.